The number of halogens is 1. The molecule has 2 amide bonds. The minimum Gasteiger partial charge on any atom is -0.324 e. The number of amides is 2. The Morgan fingerprint density at radius 3 is 2.48 bits per heavy atom. The zero-order chi connectivity index (χ0) is 19.8. The van der Waals surface area contributed by atoms with Gasteiger partial charge in [0, 0.05) is 16.3 Å². The standard InChI is InChI=1S/C21H22ClN3O2/c1-13-6-5-7-17(14(13)2)23-18(26)12-25-20(27)19(24-21(25,3)4)15-8-10-16(22)11-9-15/h5-11H,12H2,1-4H3,(H,23,26). The van der Waals surface area contributed by atoms with Crippen molar-refractivity contribution in [1.82, 2.24) is 4.90 Å². The van der Waals surface area contributed by atoms with E-state index in [1.807, 2.05) is 45.9 Å². The SMILES string of the molecule is Cc1cccc(NC(=O)CN2C(=O)C(c3ccc(Cl)cc3)=NC2(C)C)c1C. The number of aliphatic imine (C=N–C) groups is 1. The van der Waals surface area contributed by atoms with Crippen LogP contribution in [0.2, 0.25) is 5.02 Å². The second-order valence-electron chi connectivity index (χ2n) is 7.15. The molecule has 0 atom stereocenters. The van der Waals surface area contributed by atoms with Crippen LogP contribution in [0, 0.1) is 13.8 Å². The summed E-state index contributed by atoms with van der Waals surface area (Å²) in [5.74, 6) is -0.517. The van der Waals surface area contributed by atoms with E-state index in [9.17, 15) is 9.59 Å². The van der Waals surface area contributed by atoms with Crippen molar-refractivity contribution in [1.29, 1.82) is 0 Å². The van der Waals surface area contributed by atoms with Crippen LogP contribution < -0.4 is 5.32 Å². The third-order valence-electron chi connectivity index (χ3n) is 4.79. The van der Waals surface area contributed by atoms with Gasteiger partial charge in [0.2, 0.25) is 5.91 Å². The molecule has 2 aromatic carbocycles. The zero-order valence-corrected chi connectivity index (χ0v) is 16.6. The molecule has 0 bridgehead atoms. The zero-order valence-electron chi connectivity index (χ0n) is 15.8. The molecule has 6 heteroatoms. The number of benzene rings is 2. The van der Waals surface area contributed by atoms with Gasteiger partial charge in [0.1, 0.15) is 17.9 Å². The first kappa shape index (κ1) is 19.1. The average Bonchev–Trinajstić information content (AvgIpc) is 2.83. The summed E-state index contributed by atoms with van der Waals surface area (Å²) in [7, 11) is 0. The second-order valence-corrected chi connectivity index (χ2v) is 7.59. The molecule has 140 valence electrons. The predicted molar refractivity (Wildman–Crippen MR) is 108 cm³/mol. The maximum absolute atomic E-state index is 12.9. The molecule has 0 saturated carbocycles. The van der Waals surface area contributed by atoms with E-state index in [0.717, 1.165) is 16.8 Å². The van der Waals surface area contributed by atoms with Crippen LogP contribution in [0.25, 0.3) is 0 Å². The number of nitrogens with zero attached hydrogens (tertiary/aromatic N) is 2. The minimum atomic E-state index is -0.801. The Hall–Kier alpha value is -2.66. The Morgan fingerprint density at radius 2 is 1.81 bits per heavy atom. The molecule has 0 radical (unpaired) electrons. The van der Waals surface area contributed by atoms with Crippen molar-refractivity contribution in [2.45, 2.75) is 33.4 Å². The molecule has 1 heterocycles. The van der Waals surface area contributed by atoms with Gasteiger partial charge in [0.25, 0.3) is 5.91 Å². The van der Waals surface area contributed by atoms with Gasteiger partial charge in [0.15, 0.2) is 0 Å². The maximum atomic E-state index is 12.9. The van der Waals surface area contributed by atoms with E-state index >= 15 is 0 Å². The fraction of sp³-hybridized carbons (Fsp3) is 0.286. The molecule has 27 heavy (non-hydrogen) atoms. The summed E-state index contributed by atoms with van der Waals surface area (Å²) in [5, 5.41) is 3.49. The highest BCUT2D eigenvalue weighted by atomic mass is 35.5. The summed E-state index contributed by atoms with van der Waals surface area (Å²) < 4.78 is 0. The molecule has 1 N–H and O–H groups in total. The highest BCUT2D eigenvalue weighted by Gasteiger charge is 2.41. The molecule has 5 nitrogen and oxygen atoms in total. The van der Waals surface area contributed by atoms with E-state index in [4.69, 9.17) is 11.6 Å². The number of carbonyl (C=O) groups is 2. The molecule has 0 aliphatic carbocycles. The summed E-state index contributed by atoms with van der Waals surface area (Å²) in [6.07, 6.45) is 0. The van der Waals surface area contributed by atoms with Crippen LogP contribution in [0.1, 0.15) is 30.5 Å². The first-order valence-electron chi connectivity index (χ1n) is 8.73. The van der Waals surface area contributed by atoms with E-state index in [1.165, 1.54) is 4.90 Å². The third kappa shape index (κ3) is 3.88. The van der Waals surface area contributed by atoms with Gasteiger partial charge in [-0.1, -0.05) is 35.9 Å². The van der Waals surface area contributed by atoms with Gasteiger partial charge < -0.3 is 10.2 Å². The van der Waals surface area contributed by atoms with Crippen LogP contribution in [0.3, 0.4) is 0 Å². The molecule has 3 rings (SSSR count). The Bertz CT molecular complexity index is 933. The van der Waals surface area contributed by atoms with Gasteiger partial charge in [0.05, 0.1) is 0 Å². The van der Waals surface area contributed by atoms with Gasteiger partial charge in [-0.3, -0.25) is 14.6 Å². The van der Waals surface area contributed by atoms with Crippen molar-refractivity contribution in [3.63, 3.8) is 0 Å². The summed E-state index contributed by atoms with van der Waals surface area (Å²) in [6, 6.07) is 12.7. The topological polar surface area (TPSA) is 61.8 Å². The molecule has 0 spiro atoms. The van der Waals surface area contributed by atoms with Crippen molar-refractivity contribution in [3.8, 4) is 0 Å². The second kappa shape index (κ2) is 7.16. The van der Waals surface area contributed by atoms with Crippen LogP contribution in [-0.4, -0.2) is 34.6 Å². The fourth-order valence-electron chi connectivity index (χ4n) is 3.04. The van der Waals surface area contributed by atoms with E-state index in [0.29, 0.717) is 16.3 Å². The largest absolute Gasteiger partial charge is 0.324 e. The number of aryl methyl sites for hydroxylation is 1. The van der Waals surface area contributed by atoms with Crippen molar-refractivity contribution >= 4 is 34.8 Å². The number of carbonyl (C=O) groups excluding carboxylic acids is 2. The van der Waals surface area contributed by atoms with E-state index in [-0.39, 0.29) is 18.4 Å². The average molecular weight is 384 g/mol. The summed E-state index contributed by atoms with van der Waals surface area (Å²) in [5.41, 5.74) is 3.09. The first-order chi connectivity index (χ1) is 12.7. The van der Waals surface area contributed by atoms with Crippen molar-refractivity contribution in [2.75, 3.05) is 11.9 Å². The highest BCUT2D eigenvalue weighted by Crippen LogP contribution is 2.27. The van der Waals surface area contributed by atoms with Crippen LogP contribution in [0.4, 0.5) is 5.69 Å². The molecule has 0 aromatic heterocycles. The molecular weight excluding hydrogens is 362 g/mol. The fourth-order valence-corrected chi connectivity index (χ4v) is 3.17. The number of anilines is 1. The molecule has 0 unspecified atom stereocenters. The van der Waals surface area contributed by atoms with Crippen molar-refractivity contribution < 1.29 is 9.59 Å². The highest BCUT2D eigenvalue weighted by molar-refractivity contribution is 6.47. The van der Waals surface area contributed by atoms with Crippen LogP contribution in [0.15, 0.2) is 47.5 Å². The third-order valence-corrected chi connectivity index (χ3v) is 5.04. The van der Waals surface area contributed by atoms with Crippen molar-refractivity contribution in [2.24, 2.45) is 4.99 Å². The van der Waals surface area contributed by atoms with E-state index in [1.54, 1.807) is 24.3 Å². The number of nitrogens with one attached hydrogen (secondary N) is 1. The Kier molecular flexibility index (Phi) is 5.07. The molecule has 1 aliphatic heterocycles. The van der Waals surface area contributed by atoms with Crippen LogP contribution >= 0.6 is 11.6 Å². The van der Waals surface area contributed by atoms with Gasteiger partial charge in [-0.15, -0.1) is 0 Å². The maximum Gasteiger partial charge on any atom is 0.275 e. The van der Waals surface area contributed by atoms with E-state index < -0.39 is 5.66 Å². The number of hydrogen-bond acceptors (Lipinski definition) is 3. The molecule has 2 aromatic rings. The molecule has 1 aliphatic rings. The predicted octanol–water partition coefficient (Wildman–Crippen LogP) is 3.96. The van der Waals surface area contributed by atoms with E-state index in [2.05, 4.69) is 10.3 Å². The summed E-state index contributed by atoms with van der Waals surface area (Å²) in [6.45, 7) is 7.51. The van der Waals surface area contributed by atoms with Gasteiger partial charge in [-0.05, 0) is 57.0 Å². The Balaban J connectivity index is 1.77. The smallest absolute Gasteiger partial charge is 0.275 e. The lowest BCUT2D eigenvalue weighted by molar-refractivity contribution is -0.131. The van der Waals surface area contributed by atoms with Crippen LogP contribution in [-0.2, 0) is 9.59 Å². The van der Waals surface area contributed by atoms with Crippen molar-refractivity contribution in [3.05, 3.63) is 64.2 Å². The van der Waals surface area contributed by atoms with Gasteiger partial charge in [-0.2, -0.15) is 0 Å². The Morgan fingerprint density at radius 1 is 1.15 bits per heavy atom. The van der Waals surface area contributed by atoms with Crippen LogP contribution in [0.5, 0.6) is 0 Å². The van der Waals surface area contributed by atoms with Gasteiger partial charge in [-0.25, -0.2) is 0 Å². The first-order valence-corrected chi connectivity index (χ1v) is 9.10. The molecule has 0 saturated heterocycles. The number of rotatable bonds is 4. The lowest BCUT2D eigenvalue weighted by Crippen LogP contribution is -2.46. The quantitative estimate of drug-likeness (QED) is 0.868. The normalized spacial score (nSPS) is 15.7. The minimum absolute atomic E-state index is 0.0696. The lowest BCUT2D eigenvalue weighted by Gasteiger charge is -2.29. The molecule has 0 fully saturated rings. The monoisotopic (exact) mass is 383 g/mol. The van der Waals surface area contributed by atoms with Gasteiger partial charge >= 0.3 is 0 Å². The Labute approximate surface area is 164 Å². The summed E-state index contributed by atoms with van der Waals surface area (Å²) in [4.78, 5) is 31.5. The summed E-state index contributed by atoms with van der Waals surface area (Å²) >= 11 is 5.92. The number of hydrogen-bond donors (Lipinski definition) is 1. The lowest BCUT2D eigenvalue weighted by atomic mass is 10.1. The molecular formula is C21H22ClN3O2.